The van der Waals surface area contributed by atoms with E-state index in [1.54, 1.807) is 20.8 Å². The first-order valence-corrected chi connectivity index (χ1v) is 4.86. The number of ketones is 1. The molecule has 15 heavy (non-hydrogen) atoms. The average Bonchev–Trinajstić information content (AvgIpc) is 2.65. The highest BCUT2D eigenvalue weighted by molar-refractivity contribution is 6.05. The fourth-order valence-electron chi connectivity index (χ4n) is 1.17. The minimum absolute atomic E-state index is 0.00412. The van der Waals surface area contributed by atoms with Crippen molar-refractivity contribution in [1.29, 1.82) is 0 Å². The van der Waals surface area contributed by atoms with Gasteiger partial charge in [0.25, 0.3) is 0 Å². The summed E-state index contributed by atoms with van der Waals surface area (Å²) in [6.45, 7) is 5.49. The summed E-state index contributed by atoms with van der Waals surface area (Å²) in [6, 6.07) is 1.49. The number of hydrogen-bond acceptors (Lipinski definition) is 4. The summed E-state index contributed by atoms with van der Waals surface area (Å²) in [6.07, 6.45) is 1.32. The molecule has 82 valence electrons. The fourth-order valence-corrected chi connectivity index (χ4v) is 1.17. The summed E-state index contributed by atoms with van der Waals surface area (Å²) < 4.78 is 9.73. The molecule has 0 radical (unpaired) electrons. The smallest absolute Gasteiger partial charge is 0.374 e. The quantitative estimate of drug-likeness (QED) is 0.565. The predicted molar refractivity (Wildman–Crippen MR) is 53.8 cm³/mol. The Balaban J connectivity index is 2.96. The van der Waals surface area contributed by atoms with Gasteiger partial charge in [-0.15, -0.1) is 0 Å². The van der Waals surface area contributed by atoms with Gasteiger partial charge in [-0.1, -0.05) is 13.8 Å². The van der Waals surface area contributed by atoms with E-state index in [4.69, 9.17) is 9.15 Å². The van der Waals surface area contributed by atoms with Crippen molar-refractivity contribution in [2.75, 3.05) is 6.61 Å². The van der Waals surface area contributed by atoms with E-state index in [1.807, 2.05) is 0 Å². The largest absolute Gasteiger partial charge is 0.460 e. The molecule has 1 heterocycles. The third-order valence-electron chi connectivity index (χ3n) is 1.92. The van der Waals surface area contributed by atoms with Gasteiger partial charge in [-0.25, -0.2) is 4.79 Å². The number of ether oxygens (including phenoxy) is 1. The van der Waals surface area contributed by atoms with Gasteiger partial charge in [0.2, 0.25) is 5.76 Å². The summed E-state index contributed by atoms with van der Waals surface area (Å²) in [7, 11) is 0. The normalized spacial score (nSPS) is 10.4. The van der Waals surface area contributed by atoms with Gasteiger partial charge >= 0.3 is 5.97 Å². The zero-order valence-electron chi connectivity index (χ0n) is 9.07. The van der Waals surface area contributed by atoms with Gasteiger partial charge in [-0.05, 0) is 13.0 Å². The molecule has 0 aromatic carbocycles. The lowest BCUT2D eigenvalue weighted by atomic mass is 10.0. The maximum atomic E-state index is 11.7. The molecule has 0 aliphatic heterocycles. The summed E-state index contributed by atoms with van der Waals surface area (Å²) in [4.78, 5) is 23.1. The number of carbonyl (C=O) groups excluding carboxylic acids is 2. The average molecular weight is 210 g/mol. The molecule has 4 nitrogen and oxygen atoms in total. The van der Waals surface area contributed by atoms with Gasteiger partial charge in [0.15, 0.2) is 5.78 Å². The van der Waals surface area contributed by atoms with Gasteiger partial charge in [-0.2, -0.15) is 0 Å². The molecule has 0 aliphatic carbocycles. The van der Waals surface area contributed by atoms with Gasteiger partial charge in [0.05, 0.1) is 18.4 Å². The summed E-state index contributed by atoms with van der Waals surface area (Å²) in [5.74, 6) is -0.885. The number of hydrogen-bond donors (Lipinski definition) is 0. The Morgan fingerprint density at radius 1 is 1.47 bits per heavy atom. The van der Waals surface area contributed by atoms with E-state index >= 15 is 0 Å². The molecule has 0 atom stereocenters. The lowest BCUT2D eigenvalue weighted by Crippen LogP contribution is -2.13. The van der Waals surface area contributed by atoms with Crippen LogP contribution in [0.15, 0.2) is 16.7 Å². The minimum atomic E-state index is -0.591. The second-order valence-electron chi connectivity index (χ2n) is 3.40. The molecule has 1 rings (SSSR count). The number of esters is 1. The van der Waals surface area contributed by atoms with Crippen LogP contribution in [0.1, 0.15) is 41.7 Å². The highest BCUT2D eigenvalue weighted by Gasteiger charge is 2.23. The Kier molecular flexibility index (Phi) is 3.66. The molecule has 0 N–H and O–H groups in total. The second kappa shape index (κ2) is 4.77. The minimum Gasteiger partial charge on any atom is -0.460 e. The molecule has 0 bridgehead atoms. The van der Waals surface area contributed by atoms with Gasteiger partial charge in [-0.3, -0.25) is 4.79 Å². The van der Waals surface area contributed by atoms with E-state index in [0.717, 1.165) is 0 Å². The molecule has 0 saturated heterocycles. The molecule has 4 heteroatoms. The zero-order chi connectivity index (χ0) is 11.4. The van der Waals surface area contributed by atoms with Crippen LogP contribution in [0.3, 0.4) is 0 Å². The van der Waals surface area contributed by atoms with Gasteiger partial charge < -0.3 is 9.15 Å². The molecule has 0 fully saturated rings. The van der Waals surface area contributed by atoms with E-state index in [2.05, 4.69) is 0 Å². The number of furan rings is 1. The molecule has 0 saturated carbocycles. The van der Waals surface area contributed by atoms with Crippen LogP contribution >= 0.6 is 0 Å². The van der Waals surface area contributed by atoms with Crippen LogP contribution in [0.25, 0.3) is 0 Å². The summed E-state index contributed by atoms with van der Waals surface area (Å²) >= 11 is 0. The molecule has 0 aliphatic rings. The molecule has 0 amide bonds. The topological polar surface area (TPSA) is 56.5 Å². The van der Waals surface area contributed by atoms with E-state index in [1.165, 1.54) is 12.3 Å². The van der Waals surface area contributed by atoms with Crippen molar-refractivity contribution in [2.24, 2.45) is 5.92 Å². The number of carbonyl (C=O) groups is 2. The molecular weight excluding hydrogens is 196 g/mol. The predicted octanol–water partition coefficient (Wildman–Crippen LogP) is 2.29. The molecular formula is C11H14O4. The van der Waals surface area contributed by atoms with E-state index < -0.39 is 5.97 Å². The highest BCUT2D eigenvalue weighted by Crippen LogP contribution is 2.16. The van der Waals surface area contributed by atoms with Crippen LogP contribution in [0.2, 0.25) is 0 Å². The first-order valence-electron chi connectivity index (χ1n) is 4.86. The van der Waals surface area contributed by atoms with Crippen molar-refractivity contribution in [3.63, 3.8) is 0 Å². The van der Waals surface area contributed by atoms with Crippen LogP contribution < -0.4 is 0 Å². The van der Waals surface area contributed by atoms with Crippen LogP contribution in [0.4, 0.5) is 0 Å². The van der Waals surface area contributed by atoms with Crippen molar-refractivity contribution >= 4 is 11.8 Å². The first-order chi connectivity index (χ1) is 7.07. The Labute approximate surface area is 88.2 Å². The lowest BCUT2D eigenvalue weighted by molar-refractivity contribution is 0.0485. The monoisotopic (exact) mass is 210 g/mol. The zero-order valence-corrected chi connectivity index (χ0v) is 9.07. The third kappa shape index (κ3) is 2.46. The van der Waals surface area contributed by atoms with E-state index in [9.17, 15) is 9.59 Å². The molecule has 1 aromatic rings. The van der Waals surface area contributed by atoms with Crippen molar-refractivity contribution in [1.82, 2.24) is 0 Å². The Hall–Kier alpha value is -1.58. The van der Waals surface area contributed by atoms with Crippen LogP contribution in [0, 0.1) is 5.92 Å². The highest BCUT2D eigenvalue weighted by atomic mass is 16.5. The van der Waals surface area contributed by atoms with Crippen LogP contribution in [-0.2, 0) is 4.74 Å². The van der Waals surface area contributed by atoms with Crippen molar-refractivity contribution in [3.05, 3.63) is 23.7 Å². The van der Waals surface area contributed by atoms with Crippen LogP contribution in [-0.4, -0.2) is 18.4 Å². The molecule has 1 aromatic heterocycles. The maximum Gasteiger partial charge on any atom is 0.374 e. The first kappa shape index (κ1) is 11.5. The fraction of sp³-hybridized carbons (Fsp3) is 0.455. The summed E-state index contributed by atoms with van der Waals surface area (Å²) in [5.41, 5.74) is 0.295. The van der Waals surface area contributed by atoms with Crippen molar-refractivity contribution in [3.8, 4) is 0 Å². The second-order valence-corrected chi connectivity index (χ2v) is 3.40. The standard InChI is InChI=1S/C11H14O4/c1-4-14-11(13)10-8(5-6-15-10)9(12)7(2)3/h5-7H,4H2,1-3H3. The maximum absolute atomic E-state index is 11.7. The van der Waals surface area contributed by atoms with E-state index in [0.29, 0.717) is 5.56 Å². The van der Waals surface area contributed by atoms with Gasteiger partial charge in [0.1, 0.15) is 0 Å². The number of rotatable bonds is 4. The lowest BCUT2D eigenvalue weighted by Gasteiger charge is -2.03. The van der Waals surface area contributed by atoms with Crippen molar-refractivity contribution < 1.29 is 18.7 Å². The molecule has 0 spiro atoms. The Morgan fingerprint density at radius 2 is 2.13 bits per heavy atom. The van der Waals surface area contributed by atoms with E-state index in [-0.39, 0.29) is 24.1 Å². The Bertz CT molecular complexity index is 362. The van der Waals surface area contributed by atoms with Crippen molar-refractivity contribution in [2.45, 2.75) is 20.8 Å². The SMILES string of the molecule is CCOC(=O)c1occc1C(=O)C(C)C. The van der Waals surface area contributed by atoms with Gasteiger partial charge in [0, 0.05) is 5.92 Å². The third-order valence-corrected chi connectivity index (χ3v) is 1.92. The number of Topliss-reactive ketones (excluding diaryl/α,β-unsaturated/α-hetero) is 1. The molecule has 0 unspecified atom stereocenters. The Morgan fingerprint density at radius 3 is 2.67 bits per heavy atom. The van der Waals surface area contributed by atoms with Crippen LogP contribution in [0.5, 0.6) is 0 Å². The summed E-state index contributed by atoms with van der Waals surface area (Å²) in [5, 5.41) is 0.